The average molecular weight is 368 g/mol. The van der Waals surface area contributed by atoms with Crippen LogP contribution in [0.15, 0.2) is 36.7 Å². The Kier molecular flexibility index (Phi) is 7.02. The lowest BCUT2D eigenvalue weighted by atomic mass is 10.1. The van der Waals surface area contributed by atoms with Crippen molar-refractivity contribution in [1.29, 1.82) is 0 Å². The van der Waals surface area contributed by atoms with E-state index >= 15 is 0 Å². The largest absolute Gasteiger partial charge is 0.496 e. The number of nitrogens with one attached hydrogen (secondary N) is 2. The average Bonchev–Trinajstić information content (AvgIpc) is 2.97. The van der Waals surface area contributed by atoms with Gasteiger partial charge in [-0.15, -0.1) is 0 Å². The minimum Gasteiger partial charge on any atom is -0.496 e. The fourth-order valence-electron chi connectivity index (χ4n) is 3.45. The first-order valence-corrected chi connectivity index (χ1v) is 9.75. The Balaban J connectivity index is 1.48. The molecule has 1 saturated carbocycles. The molecule has 6 nitrogen and oxygen atoms in total. The Morgan fingerprint density at radius 1 is 1.11 bits per heavy atom. The van der Waals surface area contributed by atoms with Gasteiger partial charge in [-0.25, -0.2) is 9.97 Å². The van der Waals surface area contributed by atoms with E-state index in [9.17, 15) is 4.79 Å². The molecule has 3 rings (SSSR count). The second-order valence-electron chi connectivity index (χ2n) is 6.95. The van der Waals surface area contributed by atoms with Crippen LogP contribution in [0, 0.1) is 0 Å². The van der Waals surface area contributed by atoms with Crippen LogP contribution in [0.3, 0.4) is 0 Å². The number of carbonyl (C=O) groups excluding carboxylic acids is 1. The van der Waals surface area contributed by atoms with Crippen LogP contribution in [0.25, 0.3) is 0 Å². The van der Waals surface area contributed by atoms with E-state index in [1.807, 2.05) is 24.3 Å². The van der Waals surface area contributed by atoms with Gasteiger partial charge in [0.1, 0.15) is 5.75 Å². The van der Waals surface area contributed by atoms with Crippen molar-refractivity contribution in [2.45, 2.75) is 51.0 Å². The zero-order valence-corrected chi connectivity index (χ0v) is 15.9. The van der Waals surface area contributed by atoms with Gasteiger partial charge in [-0.1, -0.05) is 43.9 Å². The monoisotopic (exact) mass is 368 g/mol. The third-order valence-corrected chi connectivity index (χ3v) is 4.97. The maximum atomic E-state index is 12.3. The van der Waals surface area contributed by atoms with E-state index in [4.69, 9.17) is 4.74 Å². The molecule has 0 unspecified atom stereocenters. The maximum absolute atomic E-state index is 12.3. The summed E-state index contributed by atoms with van der Waals surface area (Å²) in [6.45, 7) is 0.529. The molecule has 0 aliphatic heterocycles. The van der Waals surface area contributed by atoms with Gasteiger partial charge in [0.2, 0.25) is 5.95 Å². The minimum atomic E-state index is -0.161. The molecule has 144 valence electrons. The zero-order valence-electron chi connectivity index (χ0n) is 15.9. The molecule has 1 amide bonds. The van der Waals surface area contributed by atoms with Gasteiger partial charge in [-0.2, -0.15) is 0 Å². The van der Waals surface area contributed by atoms with Gasteiger partial charge in [-0.05, 0) is 30.9 Å². The number of carbonyl (C=O) groups is 1. The first-order valence-electron chi connectivity index (χ1n) is 9.75. The summed E-state index contributed by atoms with van der Waals surface area (Å²) in [5.41, 5.74) is 1.54. The van der Waals surface area contributed by atoms with Crippen molar-refractivity contribution >= 4 is 11.9 Å². The lowest BCUT2D eigenvalue weighted by Crippen LogP contribution is -2.26. The van der Waals surface area contributed by atoms with Crippen LogP contribution in [0.1, 0.15) is 54.4 Å². The number of para-hydroxylation sites is 1. The third-order valence-electron chi connectivity index (χ3n) is 4.97. The molecule has 0 saturated heterocycles. The van der Waals surface area contributed by atoms with E-state index < -0.39 is 0 Å². The first kappa shape index (κ1) is 19.1. The molecule has 2 N–H and O–H groups in total. The highest BCUT2D eigenvalue weighted by atomic mass is 16.5. The standard InChI is InChI=1S/C21H28N4O2/c1-27-19-11-7-6-8-16(19)12-13-22-20(26)17-14-23-21(24-15-17)25-18-9-4-2-3-5-10-18/h6-8,11,14-15,18H,2-5,9-10,12-13H2,1H3,(H,22,26)(H,23,24,25). The molecule has 6 heteroatoms. The molecule has 1 aromatic carbocycles. The molecule has 1 aliphatic rings. The van der Waals surface area contributed by atoms with E-state index in [0.29, 0.717) is 30.5 Å². The van der Waals surface area contributed by atoms with Gasteiger partial charge in [0.25, 0.3) is 5.91 Å². The molecule has 0 atom stereocenters. The minimum absolute atomic E-state index is 0.161. The second kappa shape index (κ2) is 9.90. The van der Waals surface area contributed by atoms with Crippen molar-refractivity contribution in [2.24, 2.45) is 0 Å². The summed E-state index contributed by atoms with van der Waals surface area (Å²) in [4.78, 5) is 20.9. The normalized spacial score (nSPS) is 15.0. The highest BCUT2D eigenvalue weighted by Gasteiger charge is 2.14. The number of hydrogen-bond donors (Lipinski definition) is 2. The summed E-state index contributed by atoms with van der Waals surface area (Å²) in [5, 5.41) is 6.31. The SMILES string of the molecule is COc1ccccc1CCNC(=O)c1cnc(NC2CCCCCC2)nc1. The van der Waals surface area contributed by atoms with E-state index in [2.05, 4.69) is 20.6 Å². The Morgan fingerprint density at radius 2 is 1.81 bits per heavy atom. The zero-order chi connectivity index (χ0) is 18.9. The van der Waals surface area contributed by atoms with Gasteiger partial charge >= 0.3 is 0 Å². The molecule has 1 heterocycles. The van der Waals surface area contributed by atoms with Crippen LogP contribution in [-0.4, -0.2) is 35.6 Å². The van der Waals surface area contributed by atoms with Crippen molar-refractivity contribution in [3.8, 4) is 5.75 Å². The Morgan fingerprint density at radius 3 is 2.52 bits per heavy atom. The molecule has 2 aromatic rings. The molecule has 1 fully saturated rings. The highest BCUT2D eigenvalue weighted by Crippen LogP contribution is 2.20. The fraction of sp³-hybridized carbons (Fsp3) is 0.476. The molecule has 27 heavy (non-hydrogen) atoms. The molecule has 0 spiro atoms. The Hall–Kier alpha value is -2.63. The summed E-state index contributed by atoms with van der Waals surface area (Å²) in [6.07, 6.45) is 11.3. The summed E-state index contributed by atoms with van der Waals surface area (Å²) in [5.74, 6) is 1.28. The van der Waals surface area contributed by atoms with Crippen molar-refractivity contribution < 1.29 is 9.53 Å². The molecular formula is C21H28N4O2. The quantitative estimate of drug-likeness (QED) is 0.731. The summed E-state index contributed by atoms with van der Waals surface area (Å²) >= 11 is 0. The van der Waals surface area contributed by atoms with Crippen LogP contribution >= 0.6 is 0 Å². The number of amides is 1. The van der Waals surface area contributed by atoms with Gasteiger partial charge < -0.3 is 15.4 Å². The number of anilines is 1. The number of aromatic nitrogens is 2. The lowest BCUT2D eigenvalue weighted by molar-refractivity contribution is 0.0953. The summed E-state index contributed by atoms with van der Waals surface area (Å²) in [6, 6.07) is 8.26. The molecule has 1 aromatic heterocycles. The second-order valence-corrected chi connectivity index (χ2v) is 6.95. The van der Waals surface area contributed by atoms with E-state index in [0.717, 1.165) is 24.2 Å². The van der Waals surface area contributed by atoms with E-state index in [1.165, 1.54) is 25.7 Å². The van der Waals surface area contributed by atoms with Gasteiger partial charge in [0, 0.05) is 25.0 Å². The van der Waals surface area contributed by atoms with Gasteiger partial charge in [0.05, 0.1) is 12.7 Å². The fourth-order valence-corrected chi connectivity index (χ4v) is 3.45. The number of hydrogen-bond acceptors (Lipinski definition) is 5. The number of methoxy groups -OCH3 is 1. The Labute approximate surface area is 160 Å². The first-order chi connectivity index (χ1) is 13.3. The smallest absolute Gasteiger partial charge is 0.254 e. The van der Waals surface area contributed by atoms with Crippen molar-refractivity contribution in [1.82, 2.24) is 15.3 Å². The van der Waals surface area contributed by atoms with Gasteiger partial charge in [0.15, 0.2) is 0 Å². The molecule has 0 bridgehead atoms. The number of ether oxygens (including phenoxy) is 1. The van der Waals surface area contributed by atoms with Crippen LogP contribution < -0.4 is 15.4 Å². The number of rotatable bonds is 7. The number of benzene rings is 1. The lowest BCUT2D eigenvalue weighted by Gasteiger charge is -2.15. The topological polar surface area (TPSA) is 76.1 Å². The van der Waals surface area contributed by atoms with Crippen molar-refractivity contribution in [3.63, 3.8) is 0 Å². The van der Waals surface area contributed by atoms with Crippen LogP contribution in [-0.2, 0) is 6.42 Å². The molecule has 1 aliphatic carbocycles. The Bertz CT molecular complexity index is 725. The van der Waals surface area contributed by atoms with E-state index in [-0.39, 0.29) is 5.91 Å². The number of nitrogens with zero attached hydrogens (tertiary/aromatic N) is 2. The maximum Gasteiger partial charge on any atom is 0.254 e. The van der Waals surface area contributed by atoms with Crippen molar-refractivity contribution in [3.05, 3.63) is 47.8 Å². The predicted molar refractivity (Wildman–Crippen MR) is 106 cm³/mol. The van der Waals surface area contributed by atoms with E-state index in [1.54, 1.807) is 19.5 Å². The molecule has 0 radical (unpaired) electrons. The van der Waals surface area contributed by atoms with Crippen LogP contribution in [0.2, 0.25) is 0 Å². The summed E-state index contributed by atoms with van der Waals surface area (Å²) in [7, 11) is 1.65. The summed E-state index contributed by atoms with van der Waals surface area (Å²) < 4.78 is 5.33. The third kappa shape index (κ3) is 5.67. The highest BCUT2D eigenvalue weighted by molar-refractivity contribution is 5.93. The molecular weight excluding hydrogens is 340 g/mol. The van der Waals surface area contributed by atoms with Crippen LogP contribution in [0.4, 0.5) is 5.95 Å². The van der Waals surface area contributed by atoms with Crippen LogP contribution in [0.5, 0.6) is 5.75 Å². The van der Waals surface area contributed by atoms with Crippen molar-refractivity contribution in [2.75, 3.05) is 19.0 Å². The predicted octanol–water partition coefficient (Wildman–Crippen LogP) is 3.59. The van der Waals surface area contributed by atoms with Gasteiger partial charge in [-0.3, -0.25) is 4.79 Å².